The van der Waals surface area contributed by atoms with E-state index in [2.05, 4.69) is 26.1 Å². The van der Waals surface area contributed by atoms with Crippen molar-refractivity contribution < 1.29 is 13.6 Å². The first-order valence-corrected chi connectivity index (χ1v) is 6.64. The monoisotopic (exact) mass is 289 g/mol. The van der Waals surface area contributed by atoms with Crippen LogP contribution in [0.4, 0.5) is 14.5 Å². The largest absolute Gasteiger partial charge is 0.319 e. The first kappa shape index (κ1) is 15.2. The second kappa shape index (κ2) is 5.64. The molecule has 2 rings (SSSR count). The Morgan fingerprint density at radius 2 is 1.62 bits per heavy atom. The number of halogens is 2. The van der Waals surface area contributed by atoms with Crippen molar-refractivity contribution in [1.82, 2.24) is 0 Å². The molecule has 2 aromatic rings. The fourth-order valence-electron chi connectivity index (χ4n) is 1.91. The highest BCUT2D eigenvalue weighted by Gasteiger charge is 2.15. The van der Waals surface area contributed by atoms with Gasteiger partial charge in [-0.3, -0.25) is 4.79 Å². The summed E-state index contributed by atoms with van der Waals surface area (Å²) in [5.41, 5.74) is 1.48. The minimum atomic E-state index is -0.797. The van der Waals surface area contributed by atoms with Gasteiger partial charge in [-0.2, -0.15) is 0 Å². The lowest BCUT2D eigenvalue weighted by atomic mass is 9.87. The second-order valence-corrected chi connectivity index (χ2v) is 5.91. The molecule has 0 bridgehead atoms. The molecule has 1 amide bonds. The summed E-state index contributed by atoms with van der Waals surface area (Å²) in [7, 11) is 0. The van der Waals surface area contributed by atoms with Crippen molar-refractivity contribution in [3.63, 3.8) is 0 Å². The minimum Gasteiger partial charge on any atom is -0.319 e. The highest BCUT2D eigenvalue weighted by atomic mass is 19.1. The lowest BCUT2D eigenvalue weighted by molar-refractivity contribution is 0.102. The van der Waals surface area contributed by atoms with Gasteiger partial charge in [0.05, 0.1) is 5.69 Å². The maximum absolute atomic E-state index is 13.5. The Balaban J connectivity index is 2.17. The molecule has 0 unspecified atom stereocenters. The number of carbonyl (C=O) groups excluding carboxylic acids is 1. The van der Waals surface area contributed by atoms with E-state index >= 15 is 0 Å². The van der Waals surface area contributed by atoms with Gasteiger partial charge >= 0.3 is 0 Å². The molecule has 0 saturated heterocycles. The summed E-state index contributed by atoms with van der Waals surface area (Å²) < 4.78 is 26.3. The predicted molar refractivity (Wildman–Crippen MR) is 79.5 cm³/mol. The molecule has 1 N–H and O–H groups in total. The van der Waals surface area contributed by atoms with Crippen LogP contribution in [-0.2, 0) is 5.41 Å². The van der Waals surface area contributed by atoms with Gasteiger partial charge in [-0.15, -0.1) is 0 Å². The number of hydrogen-bond acceptors (Lipinski definition) is 1. The van der Waals surface area contributed by atoms with Gasteiger partial charge in [0.25, 0.3) is 5.91 Å². The molecular formula is C17H17F2NO. The normalized spacial score (nSPS) is 11.3. The van der Waals surface area contributed by atoms with Crippen LogP contribution >= 0.6 is 0 Å². The summed E-state index contributed by atoms with van der Waals surface area (Å²) in [5.74, 6) is -1.91. The van der Waals surface area contributed by atoms with Crippen LogP contribution in [-0.4, -0.2) is 5.91 Å². The molecule has 0 aromatic heterocycles. The highest BCUT2D eigenvalue weighted by molar-refractivity contribution is 6.04. The van der Waals surface area contributed by atoms with E-state index in [1.807, 2.05) is 12.1 Å². The van der Waals surface area contributed by atoms with E-state index in [4.69, 9.17) is 0 Å². The smallest absolute Gasteiger partial charge is 0.255 e. The molecule has 0 fully saturated rings. The summed E-state index contributed by atoms with van der Waals surface area (Å²) >= 11 is 0. The van der Waals surface area contributed by atoms with Crippen molar-refractivity contribution in [2.24, 2.45) is 0 Å². The van der Waals surface area contributed by atoms with Crippen molar-refractivity contribution in [3.8, 4) is 0 Å². The Kier molecular flexibility index (Phi) is 4.07. The Hall–Kier alpha value is -2.23. The van der Waals surface area contributed by atoms with Crippen molar-refractivity contribution in [1.29, 1.82) is 0 Å². The SMILES string of the molecule is CC(C)(C)c1ccc(C(=O)Nc2ccc(F)cc2F)cc1. The Morgan fingerprint density at radius 1 is 1.00 bits per heavy atom. The van der Waals surface area contributed by atoms with Crippen LogP contribution in [0.15, 0.2) is 42.5 Å². The lowest BCUT2D eigenvalue weighted by Crippen LogP contribution is -2.15. The number of nitrogens with one attached hydrogen (secondary N) is 1. The number of rotatable bonds is 2. The van der Waals surface area contributed by atoms with Gasteiger partial charge in [-0.25, -0.2) is 8.78 Å². The van der Waals surface area contributed by atoms with Crippen molar-refractivity contribution >= 4 is 11.6 Å². The molecule has 2 nitrogen and oxygen atoms in total. The van der Waals surface area contributed by atoms with Crippen molar-refractivity contribution in [2.75, 3.05) is 5.32 Å². The Morgan fingerprint density at radius 3 is 2.14 bits per heavy atom. The van der Waals surface area contributed by atoms with Gasteiger partial charge in [-0.1, -0.05) is 32.9 Å². The third-order valence-electron chi connectivity index (χ3n) is 3.19. The van der Waals surface area contributed by atoms with E-state index in [1.165, 1.54) is 6.07 Å². The summed E-state index contributed by atoms with van der Waals surface area (Å²) in [6.45, 7) is 6.24. The molecule has 0 saturated carbocycles. The van der Waals surface area contributed by atoms with E-state index in [1.54, 1.807) is 12.1 Å². The zero-order chi connectivity index (χ0) is 15.6. The zero-order valence-corrected chi connectivity index (χ0v) is 12.2. The van der Waals surface area contributed by atoms with Gasteiger partial charge in [0.2, 0.25) is 0 Å². The fraction of sp³-hybridized carbons (Fsp3) is 0.235. The predicted octanol–water partition coefficient (Wildman–Crippen LogP) is 4.51. The van der Waals surface area contributed by atoms with Crippen molar-refractivity contribution in [3.05, 3.63) is 65.2 Å². The van der Waals surface area contributed by atoms with Crippen molar-refractivity contribution in [2.45, 2.75) is 26.2 Å². The van der Waals surface area contributed by atoms with E-state index in [-0.39, 0.29) is 11.1 Å². The topological polar surface area (TPSA) is 29.1 Å². The molecule has 0 spiro atoms. The molecular weight excluding hydrogens is 272 g/mol. The van der Waals surface area contributed by atoms with Crippen LogP contribution in [0.5, 0.6) is 0 Å². The Labute approximate surface area is 122 Å². The lowest BCUT2D eigenvalue weighted by Gasteiger charge is -2.19. The third-order valence-corrected chi connectivity index (χ3v) is 3.19. The summed E-state index contributed by atoms with van der Waals surface area (Å²) in [6.07, 6.45) is 0. The molecule has 0 radical (unpaired) electrons. The highest BCUT2D eigenvalue weighted by Crippen LogP contribution is 2.22. The van der Waals surface area contributed by atoms with E-state index in [0.29, 0.717) is 5.56 Å². The summed E-state index contributed by atoms with van der Waals surface area (Å²) in [5, 5.41) is 2.43. The molecule has 0 atom stereocenters. The summed E-state index contributed by atoms with van der Waals surface area (Å²) in [6, 6.07) is 10.2. The molecule has 0 aliphatic carbocycles. The molecule has 0 aliphatic rings. The van der Waals surface area contributed by atoms with E-state index < -0.39 is 17.5 Å². The average Bonchev–Trinajstić information content (AvgIpc) is 2.41. The van der Waals surface area contributed by atoms with Gasteiger partial charge in [0.15, 0.2) is 0 Å². The zero-order valence-electron chi connectivity index (χ0n) is 12.2. The summed E-state index contributed by atoms with van der Waals surface area (Å²) in [4.78, 5) is 12.0. The first-order valence-electron chi connectivity index (χ1n) is 6.64. The second-order valence-electron chi connectivity index (χ2n) is 5.91. The number of hydrogen-bond donors (Lipinski definition) is 1. The van der Waals surface area contributed by atoms with Crippen LogP contribution in [0, 0.1) is 11.6 Å². The molecule has 0 heterocycles. The van der Waals surface area contributed by atoms with Crippen LogP contribution in [0.1, 0.15) is 36.7 Å². The first-order chi connectivity index (χ1) is 9.77. The fourth-order valence-corrected chi connectivity index (χ4v) is 1.91. The van der Waals surface area contributed by atoms with Crippen LogP contribution in [0.3, 0.4) is 0 Å². The third kappa shape index (κ3) is 3.66. The number of amides is 1. The van der Waals surface area contributed by atoms with E-state index in [0.717, 1.165) is 17.7 Å². The standard InChI is InChI=1S/C17H17F2NO/c1-17(2,3)12-6-4-11(5-7-12)16(21)20-15-9-8-13(18)10-14(15)19/h4-10H,1-3H3,(H,20,21). The van der Waals surface area contributed by atoms with Crippen LogP contribution in [0.25, 0.3) is 0 Å². The van der Waals surface area contributed by atoms with Gasteiger partial charge in [-0.05, 0) is 35.2 Å². The minimum absolute atomic E-state index is 0.00191. The average molecular weight is 289 g/mol. The number of carbonyl (C=O) groups is 1. The maximum Gasteiger partial charge on any atom is 0.255 e. The van der Waals surface area contributed by atoms with Gasteiger partial charge < -0.3 is 5.32 Å². The quantitative estimate of drug-likeness (QED) is 0.865. The maximum atomic E-state index is 13.5. The molecule has 4 heteroatoms. The number of anilines is 1. The van der Waals surface area contributed by atoms with Crippen LogP contribution in [0.2, 0.25) is 0 Å². The van der Waals surface area contributed by atoms with Gasteiger partial charge in [0.1, 0.15) is 11.6 Å². The molecule has 110 valence electrons. The molecule has 21 heavy (non-hydrogen) atoms. The van der Waals surface area contributed by atoms with E-state index in [9.17, 15) is 13.6 Å². The molecule has 2 aromatic carbocycles. The Bertz CT molecular complexity index is 657. The van der Waals surface area contributed by atoms with Gasteiger partial charge in [0, 0.05) is 11.6 Å². The van der Waals surface area contributed by atoms with Crippen LogP contribution < -0.4 is 5.32 Å². The number of benzene rings is 2. The molecule has 0 aliphatic heterocycles.